The van der Waals surface area contributed by atoms with Crippen LogP contribution in [0.5, 0.6) is 0 Å². The number of unbranched alkanes of at least 4 members (excludes halogenated alkanes) is 1. The molecular formula is C19H25N3O3S. The lowest BCUT2D eigenvalue weighted by Crippen LogP contribution is -2.40. The van der Waals surface area contributed by atoms with Crippen LogP contribution in [0.15, 0.2) is 24.3 Å². The number of para-hydroxylation sites is 1. The highest BCUT2D eigenvalue weighted by molar-refractivity contribution is 7.18. The van der Waals surface area contributed by atoms with E-state index in [0.29, 0.717) is 24.4 Å². The molecule has 6 nitrogen and oxygen atoms in total. The summed E-state index contributed by atoms with van der Waals surface area (Å²) in [5.74, 6) is -0.360. The number of amides is 2. The number of hydrogen-bond acceptors (Lipinski definition) is 5. The van der Waals surface area contributed by atoms with E-state index < -0.39 is 0 Å². The van der Waals surface area contributed by atoms with E-state index in [4.69, 9.17) is 4.98 Å². The van der Waals surface area contributed by atoms with Gasteiger partial charge in [-0.1, -0.05) is 31.9 Å². The van der Waals surface area contributed by atoms with Crippen LogP contribution in [0.2, 0.25) is 0 Å². The maximum Gasteiger partial charge on any atom is 0.233 e. The van der Waals surface area contributed by atoms with Gasteiger partial charge in [-0.25, -0.2) is 10.0 Å². The van der Waals surface area contributed by atoms with Gasteiger partial charge in [0.15, 0.2) is 0 Å². The number of thiazole rings is 1. The van der Waals surface area contributed by atoms with Crippen LogP contribution >= 0.6 is 11.3 Å². The van der Waals surface area contributed by atoms with Crippen molar-refractivity contribution in [2.75, 3.05) is 13.1 Å². The fourth-order valence-electron chi connectivity index (χ4n) is 3.57. The lowest BCUT2D eigenvalue weighted by Gasteiger charge is -2.28. The van der Waals surface area contributed by atoms with Gasteiger partial charge in [-0.15, -0.1) is 11.3 Å². The molecule has 1 aliphatic rings. The predicted octanol–water partition coefficient (Wildman–Crippen LogP) is 3.61. The molecule has 2 atom stereocenters. The van der Waals surface area contributed by atoms with Crippen LogP contribution in [0.1, 0.15) is 50.1 Å². The first-order chi connectivity index (χ1) is 12.6. The molecule has 1 saturated heterocycles. The number of rotatable bonds is 8. The van der Waals surface area contributed by atoms with Crippen LogP contribution in [0.4, 0.5) is 0 Å². The van der Waals surface area contributed by atoms with Crippen molar-refractivity contribution in [3.05, 3.63) is 29.3 Å². The summed E-state index contributed by atoms with van der Waals surface area (Å²) in [5, 5.41) is 11.1. The van der Waals surface area contributed by atoms with E-state index in [1.54, 1.807) is 11.3 Å². The zero-order valence-corrected chi connectivity index (χ0v) is 15.8. The van der Waals surface area contributed by atoms with E-state index in [0.717, 1.165) is 40.9 Å². The average molecular weight is 375 g/mol. The van der Waals surface area contributed by atoms with E-state index >= 15 is 0 Å². The third-order valence-corrected chi connectivity index (χ3v) is 6.05. The molecule has 1 aromatic heterocycles. The number of carbonyl (C=O) groups is 2. The molecule has 1 aliphatic heterocycles. The summed E-state index contributed by atoms with van der Waals surface area (Å²) in [6.07, 6.45) is 4.75. The molecular weight excluding hydrogens is 350 g/mol. The molecule has 26 heavy (non-hydrogen) atoms. The van der Waals surface area contributed by atoms with Crippen LogP contribution in [0.25, 0.3) is 10.2 Å². The molecule has 2 aromatic rings. The van der Waals surface area contributed by atoms with Crippen molar-refractivity contribution >= 4 is 33.9 Å². The lowest BCUT2D eigenvalue weighted by molar-refractivity contribution is -0.157. The molecule has 1 aromatic carbocycles. The number of hydroxylamine groups is 2. The normalized spacial score (nSPS) is 18.2. The van der Waals surface area contributed by atoms with E-state index in [-0.39, 0.29) is 24.4 Å². The fraction of sp³-hybridized carbons (Fsp3) is 0.526. The molecule has 140 valence electrons. The zero-order valence-electron chi connectivity index (χ0n) is 15.0. The Morgan fingerprint density at radius 2 is 2.31 bits per heavy atom. The Labute approximate surface area is 157 Å². The maximum atomic E-state index is 13.2. The summed E-state index contributed by atoms with van der Waals surface area (Å²) in [5.41, 5.74) is 0.969. The first-order valence-electron chi connectivity index (χ1n) is 9.20. The predicted molar refractivity (Wildman–Crippen MR) is 101 cm³/mol. The van der Waals surface area contributed by atoms with E-state index in [1.165, 1.54) is 0 Å². The van der Waals surface area contributed by atoms with Crippen LogP contribution in [-0.2, 0) is 9.59 Å². The van der Waals surface area contributed by atoms with E-state index in [1.807, 2.05) is 23.1 Å². The Balaban J connectivity index is 1.80. The second-order valence-corrected chi connectivity index (χ2v) is 7.84. The number of fused-ring (bicyclic) bond motifs is 1. The van der Waals surface area contributed by atoms with Gasteiger partial charge in [0.2, 0.25) is 12.3 Å². The van der Waals surface area contributed by atoms with E-state index in [9.17, 15) is 14.8 Å². The molecule has 7 heteroatoms. The zero-order chi connectivity index (χ0) is 18.5. The van der Waals surface area contributed by atoms with E-state index in [2.05, 4.69) is 13.0 Å². The highest BCUT2D eigenvalue weighted by Crippen LogP contribution is 2.37. The first kappa shape index (κ1) is 18.8. The highest BCUT2D eigenvalue weighted by Gasteiger charge is 2.35. The minimum absolute atomic E-state index is 0.00704. The molecule has 0 saturated carbocycles. The summed E-state index contributed by atoms with van der Waals surface area (Å²) < 4.78 is 1.13. The molecule has 0 unspecified atom stereocenters. The van der Waals surface area contributed by atoms with Crippen molar-refractivity contribution in [1.29, 1.82) is 0 Å². The van der Waals surface area contributed by atoms with Crippen LogP contribution in [-0.4, -0.2) is 45.6 Å². The summed E-state index contributed by atoms with van der Waals surface area (Å²) >= 11 is 1.64. The monoisotopic (exact) mass is 375 g/mol. The molecule has 0 spiro atoms. The molecule has 3 rings (SSSR count). The average Bonchev–Trinajstić information content (AvgIpc) is 3.30. The quantitative estimate of drug-likeness (QED) is 0.434. The number of likely N-dealkylation sites (tertiary alicyclic amines) is 1. The topological polar surface area (TPSA) is 73.7 Å². The summed E-state index contributed by atoms with van der Waals surface area (Å²) in [6.45, 7) is 2.82. The van der Waals surface area contributed by atoms with Gasteiger partial charge >= 0.3 is 0 Å². The third-order valence-electron chi connectivity index (χ3n) is 4.92. The number of aromatic nitrogens is 1. The Hall–Kier alpha value is -1.99. The first-order valence-corrected chi connectivity index (χ1v) is 10.0. The van der Waals surface area contributed by atoms with Crippen molar-refractivity contribution in [1.82, 2.24) is 14.9 Å². The van der Waals surface area contributed by atoms with Gasteiger partial charge in [0.05, 0.1) is 28.7 Å². The Morgan fingerprint density at radius 3 is 3.04 bits per heavy atom. The van der Waals surface area contributed by atoms with Crippen molar-refractivity contribution in [3.8, 4) is 0 Å². The van der Waals surface area contributed by atoms with Gasteiger partial charge in [-0.05, 0) is 31.4 Å². The highest BCUT2D eigenvalue weighted by atomic mass is 32.1. The molecule has 1 fully saturated rings. The Morgan fingerprint density at radius 1 is 1.50 bits per heavy atom. The van der Waals surface area contributed by atoms with Crippen molar-refractivity contribution < 1.29 is 14.8 Å². The van der Waals surface area contributed by atoms with Gasteiger partial charge in [-0.3, -0.25) is 14.8 Å². The van der Waals surface area contributed by atoms with Gasteiger partial charge in [-0.2, -0.15) is 0 Å². The third kappa shape index (κ3) is 4.04. The Kier molecular flexibility index (Phi) is 6.21. The second-order valence-electron chi connectivity index (χ2n) is 6.78. The lowest BCUT2D eigenvalue weighted by atomic mass is 10.00. The van der Waals surface area contributed by atoms with Crippen molar-refractivity contribution in [2.24, 2.45) is 5.92 Å². The second kappa shape index (κ2) is 8.60. The Bertz CT molecular complexity index is 730. The fourth-order valence-corrected chi connectivity index (χ4v) is 4.68. The number of hydrogen-bond donors (Lipinski definition) is 1. The van der Waals surface area contributed by atoms with Gasteiger partial charge in [0.1, 0.15) is 5.01 Å². The minimum Gasteiger partial charge on any atom is -0.333 e. The molecule has 0 aliphatic carbocycles. The van der Waals surface area contributed by atoms with Crippen LogP contribution < -0.4 is 0 Å². The van der Waals surface area contributed by atoms with Gasteiger partial charge in [0.25, 0.3) is 0 Å². The van der Waals surface area contributed by atoms with Crippen molar-refractivity contribution in [3.63, 3.8) is 0 Å². The van der Waals surface area contributed by atoms with Crippen LogP contribution in [0.3, 0.4) is 0 Å². The number of nitrogens with zero attached hydrogens (tertiary/aromatic N) is 3. The molecule has 0 radical (unpaired) electrons. The minimum atomic E-state index is -0.375. The van der Waals surface area contributed by atoms with Crippen LogP contribution in [0, 0.1) is 5.92 Å². The largest absolute Gasteiger partial charge is 0.333 e. The van der Waals surface area contributed by atoms with Crippen molar-refractivity contribution in [2.45, 2.75) is 45.1 Å². The summed E-state index contributed by atoms with van der Waals surface area (Å²) in [6, 6.07) is 8.01. The SMILES string of the molecule is CCCC[C@@H](CN(O)C=O)C(=O)N1CCC[C@H]1c1nc2ccccc2s1. The maximum absolute atomic E-state index is 13.2. The standard InChI is InChI=1S/C19H25N3O3S/c1-2-3-7-14(12-21(25)13-23)19(24)22-11-6-9-16(22)18-20-15-8-4-5-10-17(15)26-18/h4-5,8,10,13-14,16,25H,2-3,6-7,9,11-12H2,1H3/t14-,16-/m0/s1. The summed E-state index contributed by atoms with van der Waals surface area (Å²) in [7, 11) is 0. The smallest absolute Gasteiger partial charge is 0.233 e. The molecule has 0 bridgehead atoms. The number of benzene rings is 1. The number of carbonyl (C=O) groups excluding carboxylic acids is 2. The molecule has 2 heterocycles. The van der Waals surface area contributed by atoms with Gasteiger partial charge < -0.3 is 4.90 Å². The molecule has 2 amide bonds. The van der Waals surface area contributed by atoms with Gasteiger partial charge in [0, 0.05) is 6.54 Å². The molecule has 1 N–H and O–H groups in total. The summed E-state index contributed by atoms with van der Waals surface area (Å²) in [4.78, 5) is 30.6.